The molecule has 2 aliphatic carbocycles. The molecule has 16 heavy (non-hydrogen) atoms. The van der Waals surface area contributed by atoms with Crippen molar-refractivity contribution in [2.45, 2.75) is 44.6 Å². The number of benzene rings is 1. The van der Waals surface area contributed by atoms with E-state index < -0.39 is 0 Å². The maximum absolute atomic E-state index is 3.76. The van der Waals surface area contributed by atoms with E-state index in [1.807, 2.05) is 0 Å². The molecule has 1 unspecified atom stereocenters. The smallest absolute Gasteiger partial charge is 0.0153 e. The van der Waals surface area contributed by atoms with Crippen LogP contribution in [0.1, 0.15) is 43.7 Å². The van der Waals surface area contributed by atoms with Crippen LogP contribution in [0.2, 0.25) is 0 Å². The summed E-state index contributed by atoms with van der Waals surface area (Å²) in [5, 5.41) is 3.76. The number of hydrogen-bond acceptors (Lipinski definition) is 1. The molecule has 1 N–H and O–H groups in total. The summed E-state index contributed by atoms with van der Waals surface area (Å²) in [6.45, 7) is 5.87. The highest BCUT2D eigenvalue weighted by atomic mass is 15.0. The Kier molecular flexibility index (Phi) is 2.32. The zero-order valence-corrected chi connectivity index (χ0v) is 10.3. The first kappa shape index (κ1) is 10.3. The van der Waals surface area contributed by atoms with Crippen LogP contribution in [0.25, 0.3) is 0 Å². The molecule has 1 heteroatoms. The van der Waals surface area contributed by atoms with E-state index in [-0.39, 0.29) is 0 Å². The SMILES string of the molecule is CC(C)(NCC1Cc2ccccc21)C1CC1. The van der Waals surface area contributed by atoms with Gasteiger partial charge in [-0.05, 0) is 50.2 Å². The van der Waals surface area contributed by atoms with E-state index in [2.05, 4.69) is 43.4 Å². The minimum absolute atomic E-state index is 0.352. The predicted molar refractivity (Wildman–Crippen MR) is 67.7 cm³/mol. The van der Waals surface area contributed by atoms with Gasteiger partial charge in [-0.1, -0.05) is 24.3 Å². The summed E-state index contributed by atoms with van der Waals surface area (Å²) in [7, 11) is 0. The number of hydrogen-bond donors (Lipinski definition) is 1. The molecule has 0 saturated heterocycles. The summed E-state index contributed by atoms with van der Waals surface area (Å²) in [5.74, 6) is 1.68. The fourth-order valence-electron chi connectivity index (χ4n) is 2.88. The third-order valence-electron chi connectivity index (χ3n) is 4.36. The van der Waals surface area contributed by atoms with Crippen LogP contribution >= 0.6 is 0 Å². The molecule has 3 rings (SSSR count). The molecule has 1 fully saturated rings. The van der Waals surface area contributed by atoms with Gasteiger partial charge in [0.05, 0.1) is 0 Å². The quantitative estimate of drug-likeness (QED) is 0.813. The van der Waals surface area contributed by atoms with Gasteiger partial charge in [-0.15, -0.1) is 0 Å². The predicted octanol–water partition coefficient (Wildman–Crippen LogP) is 3.10. The first-order valence-electron chi connectivity index (χ1n) is 6.49. The molecule has 0 amide bonds. The van der Waals surface area contributed by atoms with Crippen LogP contribution in [0.4, 0.5) is 0 Å². The highest BCUT2D eigenvalue weighted by Crippen LogP contribution is 2.40. The average Bonchev–Trinajstić information content (AvgIpc) is 3.02. The molecular weight excluding hydrogens is 194 g/mol. The second kappa shape index (κ2) is 3.59. The standard InChI is InChI=1S/C15H21N/c1-15(2,13-7-8-13)16-10-12-9-11-5-3-4-6-14(11)12/h3-6,12-13,16H,7-10H2,1-2H3. The van der Waals surface area contributed by atoms with Crippen LogP contribution in [0.5, 0.6) is 0 Å². The molecule has 1 aromatic rings. The first-order valence-corrected chi connectivity index (χ1v) is 6.49. The van der Waals surface area contributed by atoms with Crippen molar-refractivity contribution in [3.63, 3.8) is 0 Å². The van der Waals surface area contributed by atoms with Gasteiger partial charge in [0.1, 0.15) is 0 Å². The number of fused-ring (bicyclic) bond motifs is 1. The normalized spacial score (nSPS) is 23.8. The molecule has 1 atom stereocenters. The summed E-state index contributed by atoms with van der Waals surface area (Å²) in [4.78, 5) is 0. The molecular formula is C15H21N. The third-order valence-corrected chi connectivity index (χ3v) is 4.36. The molecule has 0 radical (unpaired) electrons. The summed E-state index contributed by atoms with van der Waals surface area (Å²) < 4.78 is 0. The largest absolute Gasteiger partial charge is 0.311 e. The lowest BCUT2D eigenvalue weighted by molar-refractivity contribution is 0.325. The van der Waals surface area contributed by atoms with Gasteiger partial charge in [0.15, 0.2) is 0 Å². The van der Waals surface area contributed by atoms with Crippen molar-refractivity contribution in [2.75, 3.05) is 6.54 Å². The van der Waals surface area contributed by atoms with E-state index in [0.29, 0.717) is 5.54 Å². The number of rotatable bonds is 4. The van der Waals surface area contributed by atoms with Gasteiger partial charge in [0, 0.05) is 18.0 Å². The van der Waals surface area contributed by atoms with Crippen molar-refractivity contribution in [1.82, 2.24) is 5.32 Å². The van der Waals surface area contributed by atoms with Crippen molar-refractivity contribution in [3.8, 4) is 0 Å². The maximum atomic E-state index is 3.76. The number of nitrogens with one attached hydrogen (secondary N) is 1. The van der Waals surface area contributed by atoms with E-state index in [4.69, 9.17) is 0 Å². The Labute approximate surface area is 98.3 Å². The van der Waals surface area contributed by atoms with E-state index in [0.717, 1.165) is 18.4 Å². The van der Waals surface area contributed by atoms with E-state index in [1.54, 1.807) is 11.1 Å². The Bertz CT molecular complexity index is 390. The molecule has 1 nitrogen and oxygen atoms in total. The maximum Gasteiger partial charge on any atom is 0.0153 e. The summed E-state index contributed by atoms with van der Waals surface area (Å²) in [6.07, 6.45) is 4.10. The molecule has 1 saturated carbocycles. The second-order valence-electron chi connectivity index (χ2n) is 5.98. The summed E-state index contributed by atoms with van der Waals surface area (Å²) >= 11 is 0. The highest BCUT2D eigenvalue weighted by molar-refractivity contribution is 5.40. The van der Waals surface area contributed by atoms with Gasteiger partial charge >= 0.3 is 0 Å². The molecule has 1 aromatic carbocycles. The summed E-state index contributed by atoms with van der Waals surface area (Å²) in [5.41, 5.74) is 3.48. The molecule has 0 aromatic heterocycles. The van der Waals surface area contributed by atoms with Crippen molar-refractivity contribution in [1.29, 1.82) is 0 Å². The fraction of sp³-hybridized carbons (Fsp3) is 0.600. The van der Waals surface area contributed by atoms with Gasteiger partial charge in [-0.3, -0.25) is 0 Å². The Balaban J connectivity index is 1.58. The Morgan fingerprint density at radius 2 is 2.00 bits per heavy atom. The Morgan fingerprint density at radius 1 is 1.25 bits per heavy atom. The molecule has 0 spiro atoms. The van der Waals surface area contributed by atoms with Crippen LogP contribution in [-0.2, 0) is 6.42 Å². The van der Waals surface area contributed by atoms with Crippen LogP contribution in [-0.4, -0.2) is 12.1 Å². The zero-order chi connectivity index (χ0) is 11.2. The molecule has 86 valence electrons. The minimum Gasteiger partial charge on any atom is -0.311 e. The average molecular weight is 215 g/mol. The van der Waals surface area contributed by atoms with E-state index >= 15 is 0 Å². The van der Waals surface area contributed by atoms with Crippen LogP contribution in [0, 0.1) is 5.92 Å². The van der Waals surface area contributed by atoms with E-state index in [1.165, 1.54) is 19.3 Å². The Morgan fingerprint density at radius 3 is 2.69 bits per heavy atom. The van der Waals surface area contributed by atoms with Gasteiger partial charge < -0.3 is 5.32 Å². The molecule has 2 aliphatic rings. The molecule has 0 aliphatic heterocycles. The van der Waals surface area contributed by atoms with Crippen molar-refractivity contribution >= 4 is 0 Å². The van der Waals surface area contributed by atoms with Gasteiger partial charge in [-0.2, -0.15) is 0 Å². The van der Waals surface area contributed by atoms with Crippen molar-refractivity contribution in [3.05, 3.63) is 35.4 Å². The lowest BCUT2D eigenvalue weighted by Crippen LogP contribution is -2.44. The highest BCUT2D eigenvalue weighted by Gasteiger charge is 2.38. The third kappa shape index (κ3) is 1.78. The van der Waals surface area contributed by atoms with Crippen LogP contribution in [0.3, 0.4) is 0 Å². The van der Waals surface area contributed by atoms with Gasteiger partial charge in [0.25, 0.3) is 0 Å². The molecule has 0 bridgehead atoms. The lowest BCUT2D eigenvalue weighted by Gasteiger charge is -2.34. The van der Waals surface area contributed by atoms with Crippen LogP contribution < -0.4 is 5.32 Å². The second-order valence-corrected chi connectivity index (χ2v) is 5.98. The van der Waals surface area contributed by atoms with E-state index in [9.17, 15) is 0 Å². The topological polar surface area (TPSA) is 12.0 Å². The molecule has 0 heterocycles. The monoisotopic (exact) mass is 215 g/mol. The lowest BCUT2D eigenvalue weighted by atomic mass is 9.77. The summed E-state index contributed by atoms with van der Waals surface area (Å²) in [6, 6.07) is 8.86. The fourth-order valence-corrected chi connectivity index (χ4v) is 2.88. The minimum atomic E-state index is 0.352. The Hall–Kier alpha value is -0.820. The van der Waals surface area contributed by atoms with Crippen LogP contribution in [0.15, 0.2) is 24.3 Å². The van der Waals surface area contributed by atoms with Crippen molar-refractivity contribution in [2.24, 2.45) is 5.92 Å². The van der Waals surface area contributed by atoms with Crippen molar-refractivity contribution < 1.29 is 0 Å². The van der Waals surface area contributed by atoms with Gasteiger partial charge in [-0.25, -0.2) is 0 Å². The van der Waals surface area contributed by atoms with Gasteiger partial charge in [0.2, 0.25) is 0 Å². The first-order chi connectivity index (χ1) is 7.67. The zero-order valence-electron chi connectivity index (χ0n) is 10.3.